The van der Waals surface area contributed by atoms with Crippen LogP contribution in [0.2, 0.25) is 0 Å². The SMILES string of the molecule is Cc1ccc(-c2ccc(-c3c4c(c(-c5ccc(-c6ccc(S(F)(F)(F)(F)F)c(SC(F)(F)F)c6)s5)c5nsnc35)N=S=N4)s2)cc1C. The molecule has 0 saturated heterocycles. The lowest BCUT2D eigenvalue weighted by Crippen LogP contribution is -2.10. The van der Waals surface area contributed by atoms with Gasteiger partial charge in [-0.1, -0.05) is 43.7 Å². The molecule has 1 aliphatic heterocycles. The molecule has 0 fully saturated rings. The minimum Gasteiger partial charge on any atom is -0.172 e. The molecule has 0 atom stereocenters. The van der Waals surface area contributed by atoms with Gasteiger partial charge in [-0.05, 0) is 84.3 Å². The molecule has 244 valence electrons. The number of thioether (sulfide) groups is 1. The van der Waals surface area contributed by atoms with Crippen LogP contribution in [0.4, 0.5) is 44.0 Å². The van der Waals surface area contributed by atoms with Crippen LogP contribution in [-0.4, -0.2) is 14.3 Å². The number of aryl methyl sites for hydroxylation is 2. The molecule has 7 rings (SSSR count). The first-order chi connectivity index (χ1) is 21.9. The normalized spacial score (nSPS) is 14.7. The highest BCUT2D eigenvalue weighted by Crippen LogP contribution is 3.02. The van der Waals surface area contributed by atoms with Crippen LogP contribution in [0.5, 0.6) is 0 Å². The van der Waals surface area contributed by atoms with Gasteiger partial charge < -0.3 is 0 Å². The highest BCUT2D eigenvalue weighted by molar-refractivity contribution is 8.46. The predicted octanol–water partition coefficient (Wildman–Crippen LogP) is 14.1. The van der Waals surface area contributed by atoms with Gasteiger partial charge in [0.25, 0.3) is 0 Å². The van der Waals surface area contributed by atoms with E-state index in [9.17, 15) is 32.6 Å². The summed E-state index contributed by atoms with van der Waals surface area (Å²) in [5.74, 6) is 0. The van der Waals surface area contributed by atoms with Crippen molar-refractivity contribution in [3.05, 3.63) is 71.8 Å². The highest BCUT2D eigenvalue weighted by Gasteiger charge is 2.67. The maximum atomic E-state index is 13.7. The number of hydrogen-bond acceptors (Lipinski definition) is 8. The van der Waals surface area contributed by atoms with Crippen molar-refractivity contribution in [3.8, 4) is 41.8 Å². The summed E-state index contributed by atoms with van der Waals surface area (Å²) in [5.41, 5.74) is 1.55. The fourth-order valence-corrected chi connectivity index (χ4v) is 10.2. The number of hydrogen-bond donors (Lipinski definition) is 0. The third-order valence-electron chi connectivity index (χ3n) is 7.29. The number of fused-ring (bicyclic) bond motifs is 2. The van der Waals surface area contributed by atoms with Gasteiger partial charge in [-0.3, -0.25) is 0 Å². The summed E-state index contributed by atoms with van der Waals surface area (Å²) in [5, 5.41) is 0. The van der Waals surface area contributed by atoms with Gasteiger partial charge in [0.05, 0.1) is 23.1 Å². The zero-order valence-corrected chi connectivity index (χ0v) is 28.4. The monoisotopic (exact) mass is 764 g/mol. The molecular formula is C29H16F8N4S6. The van der Waals surface area contributed by atoms with E-state index in [4.69, 9.17) is 0 Å². The van der Waals surface area contributed by atoms with E-state index >= 15 is 0 Å². The lowest BCUT2D eigenvalue weighted by molar-refractivity contribution is -0.0329. The van der Waals surface area contributed by atoms with Gasteiger partial charge >= 0.3 is 15.7 Å². The number of thiophene rings is 2. The largest absolute Gasteiger partial charge is 0.446 e. The molecule has 0 spiro atoms. The average Bonchev–Trinajstić information content (AvgIpc) is 3.78. The fourth-order valence-electron chi connectivity index (χ4n) is 5.06. The molecule has 0 aliphatic carbocycles. The van der Waals surface area contributed by atoms with Gasteiger partial charge in [-0.25, -0.2) is 0 Å². The lowest BCUT2D eigenvalue weighted by Gasteiger charge is -2.41. The zero-order chi connectivity index (χ0) is 33.6. The van der Waals surface area contributed by atoms with Crippen LogP contribution < -0.4 is 0 Å². The van der Waals surface area contributed by atoms with E-state index in [1.807, 2.05) is 19.1 Å². The van der Waals surface area contributed by atoms with Gasteiger partial charge in [0.1, 0.15) is 27.3 Å². The molecule has 0 bridgehead atoms. The van der Waals surface area contributed by atoms with E-state index in [0.717, 1.165) is 61.4 Å². The predicted molar refractivity (Wildman–Crippen MR) is 179 cm³/mol. The van der Waals surface area contributed by atoms with Crippen molar-refractivity contribution in [3.63, 3.8) is 0 Å². The Hall–Kier alpha value is -3.16. The number of aromatic nitrogens is 2. The topological polar surface area (TPSA) is 50.5 Å². The molecule has 0 unspecified atom stereocenters. The van der Waals surface area contributed by atoms with Crippen LogP contribution in [0.25, 0.3) is 52.8 Å². The van der Waals surface area contributed by atoms with E-state index in [1.165, 1.54) is 17.2 Å². The first kappa shape index (κ1) is 32.4. The summed E-state index contributed by atoms with van der Waals surface area (Å²) >= 11 is 3.34. The van der Waals surface area contributed by atoms with Gasteiger partial charge in [-0.15, -0.1) is 22.7 Å². The van der Waals surface area contributed by atoms with Crippen LogP contribution in [0.1, 0.15) is 11.1 Å². The average molecular weight is 765 g/mol. The maximum absolute atomic E-state index is 13.7. The Bertz CT molecular complexity index is 2330. The van der Waals surface area contributed by atoms with E-state index in [-0.39, 0.29) is 16.5 Å². The molecular weight excluding hydrogens is 749 g/mol. The molecule has 18 heteroatoms. The van der Waals surface area contributed by atoms with Crippen molar-refractivity contribution >= 4 is 90.2 Å². The van der Waals surface area contributed by atoms with Crippen molar-refractivity contribution < 1.29 is 32.6 Å². The Kier molecular flexibility index (Phi) is 7.18. The Morgan fingerprint density at radius 3 is 1.66 bits per heavy atom. The quantitative estimate of drug-likeness (QED) is 0.125. The van der Waals surface area contributed by atoms with Gasteiger partial charge in [0.2, 0.25) is 0 Å². The second-order valence-electron chi connectivity index (χ2n) is 10.5. The number of nitrogens with zero attached hydrogens (tertiary/aromatic N) is 4. The molecule has 0 radical (unpaired) electrons. The Balaban J connectivity index is 1.33. The van der Waals surface area contributed by atoms with Crippen LogP contribution in [0, 0.1) is 13.8 Å². The standard InChI is InChI=1S/C29H16F8N4S6/c1-13-3-4-15(11-14(13)2)17-6-8-19(42-17)23-25-27(40-45-38-25)24(28-26(23)39-46-41-28)20-9-7-18(43-20)16-5-10-22(47(33,34,35,36)37)21(12-16)44-29(30,31)32/h3-12H,1-2H3. The summed E-state index contributed by atoms with van der Waals surface area (Å²) < 4.78 is 126. The van der Waals surface area contributed by atoms with Crippen LogP contribution >= 0.6 is 56.4 Å². The van der Waals surface area contributed by atoms with Crippen LogP contribution in [0.15, 0.2) is 79.2 Å². The molecule has 4 nitrogen and oxygen atoms in total. The molecule has 3 aromatic carbocycles. The molecule has 0 amide bonds. The number of rotatable bonds is 6. The third kappa shape index (κ3) is 6.14. The maximum Gasteiger partial charge on any atom is 0.446 e. The smallest absolute Gasteiger partial charge is 0.172 e. The minimum absolute atomic E-state index is 0.0114. The Morgan fingerprint density at radius 2 is 1.15 bits per heavy atom. The zero-order valence-electron chi connectivity index (χ0n) is 23.5. The third-order valence-corrected chi connectivity index (χ3v) is 12.8. The Morgan fingerprint density at radius 1 is 0.638 bits per heavy atom. The fraction of sp³-hybridized carbons (Fsp3) is 0.103. The van der Waals surface area contributed by atoms with Crippen molar-refractivity contribution in [2.24, 2.45) is 8.73 Å². The van der Waals surface area contributed by atoms with Crippen LogP contribution in [-0.2, 0) is 11.4 Å². The number of halogens is 8. The van der Waals surface area contributed by atoms with E-state index in [0.29, 0.717) is 38.9 Å². The second-order valence-corrected chi connectivity index (χ2v) is 17.2. The van der Waals surface area contributed by atoms with E-state index in [1.54, 1.807) is 17.4 Å². The summed E-state index contributed by atoms with van der Waals surface area (Å²) in [6.45, 7) is 4.10. The van der Waals surface area contributed by atoms with Crippen molar-refractivity contribution in [1.29, 1.82) is 0 Å². The van der Waals surface area contributed by atoms with Crippen molar-refractivity contribution in [2.75, 3.05) is 0 Å². The highest BCUT2D eigenvalue weighted by atomic mass is 32.5. The lowest BCUT2D eigenvalue weighted by atomic mass is 10.0. The van der Waals surface area contributed by atoms with Gasteiger partial charge in [0, 0.05) is 35.5 Å². The first-order valence-electron chi connectivity index (χ1n) is 13.2. The molecule has 0 saturated carbocycles. The molecule has 0 N–H and O–H groups in total. The van der Waals surface area contributed by atoms with Crippen molar-refractivity contribution in [2.45, 2.75) is 29.1 Å². The molecule has 6 aromatic rings. The summed E-state index contributed by atoms with van der Waals surface area (Å²) in [7, 11) is -10.4. The molecule has 47 heavy (non-hydrogen) atoms. The van der Waals surface area contributed by atoms with Crippen molar-refractivity contribution in [1.82, 2.24) is 8.75 Å². The first-order valence-corrected chi connectivity index (χ1v) is 19.1. The van der Waals surface area contributed by atoms with Gasteiger partial charge in [0.15, 0.2) is 0 Å². The van der Waals surface area contributed by atoms with Gasteiger partial charge in [-0.2, -0.15) is 30.6 Å². The Labute approximate surface area is 281 Å². The minimum atomic E-state index is -10.4. The van der Waals surface area contributed by atoms with Crippen LogP contribution in [0.3, 0.4) is 0 Å². The number of benzene rings is 3. The summed E-state index contributed by atoms with van der Waals surface area (Å²) in [4.78, 5) is -1.46. The second kappa shape index (κ2) is 10.4. The molecule has 4 heterocycles. The molecule has 3 aromatic heterocycles. The molecule has 1 aliphatic rings. The summed E-state index contributed by atoms with van der Waals surface area (Å²) in [6.07, 6.45) is 0. The summed E-state index contributed by atoms with van der Waals surface area (Å²) in [6, 6.07) is 14.6. The van der Waals surface area contributed by atoms with E-state index in [2.05, 4.69) is 42.6 Å². The number of alkyl halides is 3. The van der Waals surface area contributed by atoms with E-state index < -0.39 is 37.3 Å².